The lowest BCUT2D eigenvalue weighted by atomic mass is 10.5. The Kier molecular flexibility index (Phi) is 1.92. The Bertz CT molecular complexity index is 308. The number of aromatic nitrogens is 1. The van der Waals surface area contributed by atoms with Crippen LogP contribution in [-0.2, 0) is 9.05 Å². The van der Waals surface area contributed by atoms with Crippen LogP contribution in [0.25, 0.3) is 0 Å². The summed E-state index contributed by atoms with van der Waals surface area (Å²) in [5, 5.41) is -0.170. The van der Waals surface area contributed by atoms with Gasteiger partial charge in [-0.25, -0.2) is 13.4 Å². The van der Waals surface area contributed by atoms with Crippen LogP contribution < -0.4 is 0 Å². The van der Waals surface area contributed by atoms with Crippen LogP contribution in [0.15, 0.2) is 23.4 Å². The van der Waals surface area contributed by atoms with Crippen LogP contribution in [0.1, 0.15) is 0 Å². The third kappa shape index (κ3) is 1.68. The van der Waals surface area contributed by atoms with Gasteiger partial charge in [0, 0.05) is 16.9 Å². The average molecular weight is 177 g/mol. The summed E-state index contributed by atoms with van der Waals surface area (Å²) in [5.41, 5.74) is 0. The molecule has 0 amide bonds. The molecule has 0 spiro atoms. The molecule has 1 rings (SSSR count). The van der Waals surface area contributed by atoms with E-state index in [2.05, 4.69) is 11.1 Å². The van der Waals surface area contributed by atoms with E-state index in [9.17, 15) is 8.42 Å². The maximum atomic E-state index is 10.5. The zero-order chi connectivity index (χ0) is 7.61. The predicted octanol–water partition coefficient (Wildman–Crippen LogP) is 0.809. The van der Waals surface area contributed by atoms with Crippen molar-refractivity contribution in [1.29, 1.82) is 0 Å². The van der Waals surface area contributed by atoms with Crippen LogP contribution in [-0.4, -0.2) is 13.4 Å². The maximum Gasteiger partial charge on any atom is 0.278 e. The van der Waals surface area contributed by atoms with Crippen molar-refractivity contribution in [2.24, 2.45) is 0 Å². The van der Waals surface area contributed by atoms with Crippen molar-refractivity contribution in [1.82, 2.24) is 4.98 Å². The Balaban J connectivity index is 3.22. The highest BCUT2D eigenvalue weighted by Gasteiger charge is 2.08. The van der Waals surface area contributed by atoms with E-state index in [1.54, 1.807) is 0 Å². The van der Waals surface area contributed by atoms with Crippen LogP contribution in [0.2, 0.25) is 0 Å². The van der Waals surface area contributed by atoms with E-state index in [4.69, 9.17) is 10.7 Å². The standard InChI is InChI=1S/C5H3ClNO2S/c6-10(8,9)5-3-1-2-4-7-5/h2-4H. The fourth-order valence-corrected chi connectivity index (χ4v) is 1.09. The average Bonchev–Trinajstić information content (AvgIpc) is 1.88. The number of halogens is 1. The molecule has 0 bridgehead atoms. The minimum atomic E-state index is -3.67. The predicted molar refractivity (Wildman–Crippen MR) is 36.1 cm³/mol. The summed E-state index contributed by atoms with van der Waals surface area (Å²) < 4.78 is 21.0. The van der Waals surface area contributed by atoms with Crippen molar-refractivity contribution < 1.29 is 8.42 Å². The van der Waals surface area contributed by atoms with Gasteiger partial charge in [0.2, 0.25) is 0 Å². The molecule has 3 nitrogen and oxygen atoms in total. The van der Waals surface area contributed by atoms with Crippen LogP contribution >= 0.6 is 10.7 Å². The molecule has 0 unspecified atom stereocenters. The van der Waals surface area contributed by atoms with Gasteiger partial charge >= 0.3 is 0 Å². The molecule has 0 aliphatic rings. The Hall–Kier alpha value is -0.610. The monoisotopic (exact) mass is 176 g/mol. The number of hydrogen-bond donors (Lipinski definition) is 0. The maximum absolute atomic E-state index is 10.5. The number of rotatable bonds is 1. The van der Waals surface area contributed by atoms with E-state index in [0.29, 0.717) is 0 Å². The normalized spacial score (nSPS) is 11.3. The molecule has 1 radical (unpaired) electrons. The molecule has 0 N–H and O–H groups in total. The molecule has 53 valence electrons. The molecule has 0 aliphatic heterocycles. The number of hydrogen-bond acceptors (Lipinski definition) is 3. The lowest BCUT2D eigenvalue weighted by Gasteiger charge is -1.89. The quantitative estimate of drug-likeness (QED) is 0.595. The molecule has 1 aromatic heterocycles. The molecular weight excluding hydrogens is 174 g/mol. The van der Waals surface area contributed by atoms with E-state index >= 15 is 0 Å². The highest BCUT2D eigenvalue weighted by atomic mass is 35.7. The molecule has 0 aliphatic carbocycles. The summed E-state index contributed by atoms with van der Waals surface area (Å²) in [4.78, 5) is 3.50. The van der Waals surface area contributed by atoms with Gasteiger partial charge in [0.05, 0.1) is 0 Å². The number of nitrogens with zero attached hydrogens (tertiary/aromatic N) is 1. The molecule has 1 heterocycles. The van der Waals surface area contributed by atoms with E-state index in [-0.39, 0.29) is 5.03 Å². The molecule has 0 saturated carbocycles. The Morgan fingerprint density at radius 3 is 2.60 bits per heavy atom. The summed E-state index contributed by atoms with van der Waals surface area (Å²) in [6.45, 7) is 0. The summed E-state index contributed by atoms with van der Waals surface area (Å²) >= 11 is 0. The molecule has 0 atom stereocenters. The van der Waals surface area contributed by atoms with Gasteiger partial charge in [-0.15, -0.1) is 0 Å². The van der Waals surface area contributed by atoms with Gasteiger partial charge in [-0.1, -0.05) is 0 Å². The van der Waals surface area contributed by atoms with Crippen molar-refractivity contribution in [2.45, 2.75) is 5.03 Å². The Morgan fingerprint density at radius 1 is 1.60 bits per heavy atom. The first-order chi connectivity index (χ1) is 4.61. The summed E-state index contributed by atoms with van der Waals surface area (Å²) in [5.74, 6) is 0. The zero-order valence-corrected chi connectivity index (χ0v) is 6.35. The van der Waals surface area contributed by atoms with Gasteiger partial charge in [0.1, 0.15) is 0 Å². The molecule has 10 heavy (non-hydrogen) atoms. The molecule has 0 saturated heterocycles. The minimum Gasteiger partial charge on any atom is -0.243 e. The second kappa shape index (κ2) is 2.56. The SMILES string of the molecule is O=S(=O)(Cl)c1c[c]ccn1. The summed E-state index contributed by atoms with van der Waals surface area (Å²) in [6, 6.07) is 5.24. The van der Waals surface area contributed by atoms with Crippen LogP contribution in [0.4, 0.5) is 0 Å². The molecule has 0 fully saturated rings. The fourth-order valence-electron chi connectivity index (χ4n) is 0.444. The molecular formula is C5H3ClNO2S. The highest BCUT2D eigenvalue weighted by molar-refractivity contribution is 8.13. The van der Waals surface area contributed by atoms with Crippen molar-refractivity contribution in [3.63, 3.8) is 0 Å². The largest absolute Gasteiger partial charge is 0.278 e. The lowest BCUT2D eigenvalue weighted by Crippen LogP contribution is -1.92. The molecule has 0 aromatic carbocycles. The van der Waals surface area contributed by atoms with Crippen LogP contribution in [0.3, 0.4) is 0 Å². The van der Waals surface area contributed by atoms with Gasteiger partial charge < -0.3 is 0 Å². The van der Waals surface area contributed by atoms with Crippen molar-refractivity contribution in [2.75, 3.05) is 0 Å². The van der Waals surface area contributed by atoms with Crippen LogP contribution in [0.5, 0.6) is 0 Å². The van der Waals surface area contributed by atoms with Gasteiger partial charge in [-0.2, -0.15) is 0 Å². The first kappa shape index (κ1) is 7.50. The third-order valence-corrected chi connectivity index (χ3v) is 2.03. The topological polar surface area (TPSA) is 47.0 Å². The second-order valence-corrected chi connectivity index (χ2v) is 4.04. The van der Waals surface area contributed by atoms with E-state index in [1.165, 1.54) is 18.3 Å². The van der Waals surface area contributed by atoms with Gasteiger partial charge in [0.15, 0.2) is 5.03 Å². The summed E-state index contributed by atoms with van der Waals surface area (Å²) in [7, 11) is 1.28. The minimum absolute atomic E-state index is 0.170. The van der Waals surface area contributed by atoms with Crippen molar-refractivity contribution in [3.05, 3.63) is 24.4 Å². The first-order valence-electron chi connectivity index (χ1n) is 2.37. The van der Waals surface area contributed by atoms with Gasteiger partial charge in [0.25, 0.3) is 9.05 Å². The first-order valence-corrected chi connectivity index (χ1v) is 4.68. The Labute approximate surface area is 63.1 Å². The fraction of sp³-hybridized carbons (Fsp3) is 0. The van der Waals surface area contributed by atoms with E-state index in [0.717, 1.165) is 0 Å². The highest BCUT2D eigenvalue weighted by Crippen LogP contribution is 2.08. The van der Waals surface area contributed by atoms with Crippen LogP contribution in [0, 0.1) is 6.07 Å². The third-order valence-electron chi connectivity index (χ3n) is 0.829. The summed E-state index contributed by atoms with van der Waals surface area (Å²) in [6.07, 6.45) is 1.31. The molecule has 1 aromatic rings. The second-order valence-electron chi connectivity index (χ2n) is 1.53. The van der Waals surface area contributed by atoms with Crippen molar-refractivity contribution in [3.8, 4) is 0 Å². The van der Waals surface area contributed by atoms with E-state index < -0.39 is 9.05 Å². The molecule has 5 heteroatoms. The van der Waals surface area contributed by atoms with Crippen molar-refractivity contribution >= 4 is 19.7 Å². The Morgan fingerprint density at radius 2 is 2.30 bits per heavy atom. The van der Waals surface area contributed by atoms with Gasteiger partial charge in [-0.05, 0) is 18.2 Å². The van der Waals surface area contributed by atoms with E-state index in [1.807, 2.05) is 0 Å². The number of pyridine rings is 1. The van der Waals surface area contributed by atoms with Gasteiger partial charge in [-0.3, -0.25) is 0 Å². The smallest absolute Gasteiger partial charge is 0.243 e. The lowest BCUT2D eigenvalue weighted by molar-refractivity contribution is 0.606. The zero-order valence-electron chi connectivity index (χ0n) is 4.78.